The SMILES string of the molecule is O=C(OF)c1cccc(Oc2c(F)cccc2F)c1Br. The number of benzene rings is 2. The lowest BCUT2D eigenvalue weighted by Gasteiger charge is -2.10. The van der Waals surface area contributed by atoms with E-state index in [4.69, 9.17) is 4.74 Å². The topological polar surface area (TPSA) is 35.5 Å². The van der Waals surface area contributed by atoms with Crippen LogP contribution in [0.2, 0.25) is 0 Å². The van der Waals surface area contributed by atoms with E-state index in [-0.39, 0.29) is 15.8 Å². The molecule has 0 radical (unpaired) electrons. The summed E-state index contributed by atoms with van der Waals surface area (Å²) in [5.41, 5.74) is -0.179. The molecule has 0 aliphatic heterocycles. The summed E-state index contributed by atoms with van der Waals surface area (Å²) in [6.45, 7) is 0. The Morgan fingerprint density at radius 1 is 1.05 bits per heavy atom. The Morgan fingerprint density at radius 3 is 2.25 bits per heavy atom. The molecule has 104 valence electrons. The molecule has 0 atom stereocenters. The van der Waals surface area contributed by atoms with Gasteiger partial charge in [-0.3, -0.25) is 0 Å². The molecular formula is C13H6BrF3O3. The molecule has 0 aliphatic rings. The average Bonchev–Trinajstić information content (AvgIpc) is 2.44. The second-order valence-corrected chi connectivity index (χ2v) is 4.43. The van der Waals surface area contributed by atoms with E-state index >= 15 is 0 Å². The number of halogens is 4. The minimum absolute atomic E-state index is 0.0188. The van der Waals surface area contributed by atoms with E-state index in [1.165, 1.54) is 24.3 Å². The van der Waals surface area contributed by atoms with Crippen LogP contribution in [0.3, 0.4) is 0 Å². The van der Waals surface area contributed by atoms with Gasteiger partial charge in [-0.2, -0.15) is 0 Å². The number of para-hydroxylation sites is 1. The standard InChI is InChI=1S/C13H6BrF3O3/c14-11-7(13(18)20-17)3-1-6-10(11)19-12-8(15)4-2-5-9(12)16/h1-6H. The fourth-order valence-corrected chi connectivity index (χ4v) is 1.99. The third-order valence-corrected chi connectivity index (χ3v) is 3.20. The third kappa shape index (κ3) is 2.77. The second kappa shape index (κ2) is 5.96. The highest BCUT2D eigenvalue weighted by molar-refractivity contribution is 9.10. The maximum atomic E-state index is 13.5. The van der Waals surface area contributed by atoms with Crippen molar-refractivity contribution in [2.75, 3.05) is 0 Å². The highest BCUT2D eigenvalue weighted by Crippen LogP contribution is 2.34. The van der Waals surface area contributed by atoms with Crippen molar-refractivity contribution in [3.05, 3.63) is 58.1 Å². The summed E-state index contributed by atoms with van der Waals surface area (Å²) < 4.78 is 43.9. The molecule has 0 heterocycles. The van der Waals surface area contributed by atoms with Gasteiger partial charge in [0.05, 0.1) is 10.0 Å². The van der Waals surface area contributed by atoms with Crippen LogP contribution in [0.25, 0.3) is 0 Å². The maximum absolute atomic E-state index is 13.5. The molecule has 0 unspecified atom stereocenters. The summed E-state index contributed by atoms with van der Waals surface area (Å²) in [5.74, 6) is -3.75. The maximum Gasteiger partial charge on any atom is 0.380 e. The van der Waals surface area contributed by atoms with Gasteiger partial charge in [-0.25, -0.2) is 18.5 Å². The molecule has 0 saturated carbocycles. The molecule has 0 aromatic heterocycles. The summed E-state index contributed by atoms with van der Waals surface area (Å²) in [6, 6.07) is 7.19. The summed E-state index contributed by atoms with van der Waals surface area (Å²) in [4.78, 5) is 14.2. The normalized spacial score (nSPS) is 10.2. The number of rotatable bonds is 3. The van der Waals surface area contributed by atoms with Crippen LogP contribution in [0, 0.1) is 11.6 Å². The van der Waals surface area contributed by atoms with Crippen LogP contribution < -0.4 is 4.74 Å². The zero-order valence-corrected chi connectivity index (χ0v) is 11.3. The fraction of sp³-hybridized carbons (Fsp3) is 0. The van der Waals surface area contributed by atoms with Crippen LogP contribution in [0.5, 0.6) is 11.5 Å². The Bertz CT molecular complexity index is 641. The van der Waals surface area contributed by atoms with Crippen LogP contribution in [0.4, 0.5) is 13.3 Å². The smallest absolute Gasteiger partial charge is 0.380 e. The molecule has 0 N–H and O–H groups in total. The molecule has 2 aromatic carbocycles. The van der Waals surface area contributed by atoms with Crippen molar-refractivity contribution in [3.63, 3.8) is 0 Å². The molecule has 0 saturated heterocycles. The number of ether oxygens (including phenoxy) is 1. The fourth-order valence-electron chi connectivity index (χ4n) is 1.48. The molecule has 2 rings (SSSR count). The molecule has 0 fully saturated rings. The largest absolute Gasteiger partial charge is 0.450 e. The first-order valence-corrected chi connectivity index (χ1v) is 6.07. The van der Waals surface area contributed by atoms with Crippen molar-refractivity contribution in [3.8, 4) is 11.5 Å². The molecule has 2 aromatic rings. The first kappa shape index (κ1) is 14.4. The van der Waals surface area contributed by atoms with E-state index in [0.717, 1.165) is 12.1 Å². The second-order valence-electron chi connectivity index (χ2n) is 3.64. The molecule has 0 spiro atoms. The summed E-state index contributed by atoms with van der Waals surface area (Å²) in [5, 5.41) is 0. The van der Waals surface area contributed by atoms with E-state index in [1.54, 1.807) is 0 Å². The Hall–Kier alpha value is -2.02. The highest BCUT2D eigenvalue weighted by atomic mass is 79.9. The Balaban J connectivity index is 2.42. The minimum atomic E-state index is -1.25. The van der Waals surface area contributed by atoms with Crippen molar-refractivity contribution in [1.29, 1.82) is 0 Å². The lowest BCUT2D eigenvalue weighted by molar-refractivity contribution is -0.0789. The number of carbonyl (C=O) groups is 1. The highest BCUT2D eigenvalue weighted by Gasteiger charge is 2.18. The van der Waals surface area contributed by atoms with Gasteiger partial charge in [-0.15, -0.1) is 0 Å². The van der Waals surface area contributed by atoms with Gasteiger partial charge in [0.15, 0.2) is 17.4 Å². The van der Waals surface area contributed by atoms with Crippen LogP contribution in [0.15, 0.2) is 40.9 Å². The first-order valence-electron chi connectivity index (χ1n) is 5.28. The molecular weight excluding hydrogens is 341 g/mol. The lowest BCUT2D eigenvalue weighted by atomic mass is 10.2. The van der Waals surface area contributed by atoms with Gasteiger partial charge >= 0.3 is 5.97 Å². The van der Waals surface area contributed by atoms with Crippen LogP contribution >= 0.6 is 15.9 Å². The monoisotopic (exact) mass is 346 g/mol. The van der Waals surface area contributed by atoms with E-state index in [1.807, 2.05) is 0 Å². The Morgan fingerprint density at radius 2 is 1.65 bits per heavy atom. The van der Waals surface area contributed by atoms with Crippen molar-refractivity contribution >= 4 is 21.9 Å². The van der Waals surface area contributed by atoms with Gasteiger partial charge in [-0.05, 0) is 40.2 Å². The van der Waals surface area contributed by atoms with Gasteiger partial charge in [0.1, 0.15) is 5.75 Å². The molecule has 20 heavy (non-hydrogen) atoms. The predicted molar refractivity (Wildman–Crippen MR) is 67.1 cm³/mol. The van der Waals surface area contributed by atoms with Crippen molar-refractivity contribution in [2.24, 2.45) is 0 Å². The van der Waals surface area contributed by atoms with E-state index in [2.05, 4.69) is 20.9 Å². The summed E-state index contributed by atoms with van der Waals surface area (Å²) in [6.07, 6.45) is 0. The van der Waals surface area contributed by atoms with Gasteiger partial charge < -0.3 is 4.74 Å². The molecule has 0 aliphatic carbocycles. The molecule has 0 amide bonds. The summed E-state index contributed by atoms with van der Waals surface area (Å²) >= 11 is 2.99. The number of carbonyl (C=O) groups excluding carboxylic acids is 1. The van der Waals surface area contributed by atoms with E-state index in [9.17, 15) is 18.1 Å². The lowest BCUT2D eigenvalue weighted by Crippen LogP contribution is -2.01. The Kier molecular flexibility index (Phi) is 4.29. The molecule has 0 bridgehead atoms. The van der Waals surface area contributed by atoms with Crippen molar-refractivity contribution in [1.82, 2.24) is 0 Å². The summed E-state index contributed by atoms with van der Waals surface area (Å²) in [7, 11) is 0. The minimum Gasteiger partial charge on any atom is -0.450 e. The quantitative estimate of drug-likeness (QED) is 0.817. The van der Waals surface area contributed by atoms with Crippen LogP contribution in [-0.2, 0) is 4.94 Å². The molecule has 3 nitrogen and oxygen atoms in total. The van der Waals surface area contributed by atoms with Gasteiger partial charge in [0.25, 0.3) is 0 Å². The van der Waals surface area contributed by atoms with Gasteiger partial charge in [0, 0.05) is 4.53 Å². The number of hydrogen-bond donors (Lipinski definition) is 0. The zero-order valence-electron chi connectivity index (χ0n) is 9.70. The van der Waals surface area contributed by atoms with Crippen LogP contribution in [0.1, 0.15) is 10.4 Å². The first-order chi connectivity index (χ1) is 9.54. The number of hydrogen-bond acceptors (Lipinski definition) is 3. The predicted octanol–water partition coefficient (Wildman–Crippen LogP) is 4.56. The van der Waals surface area contributed by atoms with E-state index < -0.39 is 23.4 Å². The van der Waals surface area contributed by atoms with E-state index in [0.29, 0.717) is 0 Å². The van der Waals surface area contributed by atoms with Crippen molar-refractivity contribution < 1.29 is 27.8 Å². The Labute approximate surface area is 120 Å². The van der Waals surface area contributed by atoms with Crippen molar-refractivity contribution in [2.45, 2.75) is 0 Å². The third-order valence-electron chi connectivity index (χ3n) is 2.38. The zero-order chi connectivity index (χ0) is 14.7. The van der Waals surface area contributed by atoms with Gasteiger partial charge in [0.2, 0.25) is 0 Å². The van der Waals surface area contributed by atoms with Crippen LogP contribution in [-0.4, -0.2) is 5.97 Å². The average molecular weight is 347 g/mol. The molecule has 7 heteroatoms. The van der Waals surface area contributed by atoms with Gasteiger partial charge in [-0.1, -0.05) is 12.1 Å².